The molecule has 3 nitrogen and oxygen atoms in total. The SMILES string of the molecule is C=CCOC1C2CCC1N(C(C)C)CCO2. The summed E-state index contributed by atoms with van der Waals surface area (Å²) in [5.41, 5.74) is 0. The number of rotatable bonds is 4. The van der Waals surface area contributed by atoms with E-state index in [-0.39, 0.29) is 6.10 Å². The molecule has 2 rings (SSSR count). The van der Waals surface area contributed by atoms with Crippen LogP contribution in [0.4, 0.5) is 0 Å². The van der Waals surface area contributed by atoms with Crippen molar-refractivity contribution >= 4 is 0 Å². The molecule has 16 heavy (non-hydrogen) atoms. The predicted molar refractivity (Wildman–Crippen MR) is 64.5 cm³/mol. The zero-order chi connectivity index (χ0) is 11.5. The summed E-state index contributed by atoms with van der Waals surface area (Å²) in [4.78, 5) is 2.53. The molecular weight excluding hydrogens is 202 g/mol. The average molecular weight is 225 g/mol. The number of ether oxygens (including phenoxy) is 2. The van der Waals surface area contributed by atoms with Crippen LogP contribution in [0.1, 0.15) is 26.7 Å². The molecule has 0 N–H and O–H groups in total. The summed E-state index contributed by atoms with van der Waals surface area (Å²) in [6.45, 7) is 10.7. The highest BCUT2D eigenvalue weighted by Gasteiger charge is 2.43. The lowest BCUT2D eigenvalue weighted by atomic mass is 10.1. The maximum atomic E-state index is 5.89. The Labute approximate surface area is 98.4 Å². The van der Waals surface area contributed by atoms with Crippen molar-refractivity contribution in [3.05, 3.63) is 12.7 Å². The Morgan fingerprint density at radius 3 is 3.00 bits per heavy atom. The maximum Gasteiger partial charge on any atom is 0.0995 e. The molecule has 1 saturated heterocycles. The standard InChI is InChI=1S/C13H23NO2/c1-4-8-16-13-11-5-6-12(13)15-9-7-14(11)10(2)3/h4,10-13H,1,5-9H2,2-3H3. The molecule has 0 spiro atoms. The third-order valence-electron chi connectivity index (χ3n) is 3.67. The Balaban J connectivity index is 2.07. The van der Waals surface area contributed by atoms with Gasteiger partial charge in [0.2, 0.25) is 0 Å². The van der Waals surface area contributed by atoms with Crippen molar-refractivity contribution in [1.82, 2.24) is 4.90 Å². The minimum atomic E-state index is 0.239. The summed E-state index contributed by atoms with van der Waals surface area (Å²) < 4.78 is 11.8. The first kappa shape index (κ1) is 12.1. The van der Waals surface area contributed by atoms with Crippen molar-refractivity contribution in [3.63, 3.8) is 0 Å². The zero-order valence-electron chi connectivity index (χ0n) is 10.4. The van der Waals surface area contributed by atoms with Gasteiger partial charge in [-0.15, -0.1) is 6.58 Å². The van der Waals surface area contributed by atoms with E-state index in [1.165, 1.54) is 6.42 Å². The Kier molecular flexibility index (Phi) is 4.00. The van der Waals surface area contributed by atoms with E-state index >= 15 is 0 Å². The minimum Gasteiger partial charge on any atom is -0.374 e. The van der Waals surface area contributed by atoms with Crippen LogP contribution in [0, 0.1) is 0 Å². The van der Waals surface area contributed by atoms with Crippen LogP contribution in [-0.4, -0.2) is 49.0 Å². The van der Waals surface area contributed by atoms with Crippen LogP contribution >= 0.6 is 0 Å². The van der Waals surface area contributed by atoms with E-state index in [4.69, 9.17) is 9.47 Å². The maximum absolute atomic E-state index is 5.89. The summed E-state index contributed by atoms with van der Waals surface area (Å²) in [6, 6.07) is 1.10. The topological polar surface area (TPSA) is 21.7 Å². The number of hydrogen-bond donors (Lipinski definition) is 0. The van der Waals surface area contributed by atoms with Crippen molar-refractivity contribution in [2.75, 3.05) is 19.8 Å². The van der Waals surface area contributed by atoms with Crippen LogP contribution in [0.2, 0.25) is 0 Å². The van der Waals surface area contributed by atoms with Crippen molar-refractivity contribution in [3.8, 4) is 0 Å². The summed E-state index contributed by atoms with van der Waals surface area (Å²) in [6.07, 6.45) is 4.70. The first-order chi connectivity index (χ1) is 7.74. The molecule has 0 radical (unpaired) electrons. The van der Waals surface area contributed by atoms with Crippen LogP contribution in [0.5, 0.6) is 0 Å². The Bertz CT molecular complexity index is 242. The molecular formula is C13H23NO2. The van der Waals surface area contributed by atoms with E-state index in [9.17, 15) is 0 Å². The molecule has 2 fully saturated rings. The third-order valence-corrected chi connectivity index (χ3v) is 3.67. The van der Waals surface area contributed by atoms with E-state index in [1.807, 2.05) is 6.08 Å². The van der Waals surface area contributed by atoms with Crippen LogP contribution in [0.25, 0.3) is 0 Å². The molecule has 0 amide bonds. The summed E-state index contributed by atoms with van der Waals surface area (Å²) >= 11 is 0. The molecule has 3 unspecified atom stereocenters. The lowest BCUT2D eigenvalue weighted by molar-refractivity contribution is -0.0456. The lowest BCUT2D eigenvalue weighted by Gasteiger charge is -2.34. The largest absolute Gasteiger partial charge is 0.374 e. The fraction of sp³-hybridized carbons (Fsp3) is 0.846. The fourth-order valence-corrected chi connectivity index (χ4v) is 2.96. The molecule has 92 valence electrons. The molecule has 1 saturated carbocycles. The Morgan fingerprint density at radius 1 is 1.50 bits per heavy atom. The second kappa shape index (κ2) is 5.30. The Morgan fingerprint density at radius 2 is 2.31 bits per heavy atom. The second-order valence-electron chi connectivity index (χ2n) is 4.97. The van der Waals surface area contributed by atoms with Crippen molar-refractivity contribution in [2.45, 2.75) is 51.0 Å². The first-order valence-corrected chi connectivity index (χ1v) is 6.34. The number of nitrogens with zero attached hydrogens (tertiary/aromatic N) is 1. The van der Waals surface area contributed by atoms with Crippen LogP contribution in [0.3, 0.4) is 0 Å². The lowest BCUT2D eigenvalue weighted by Crippen LogP contribution is -2.46. The molecule has 2 aliphatic rings. The van der Waals surface area contributed by atoms with Gasteiger partial charge in [0, 0.05) is 18.6 Å². The van der Waals surface area contributed by atoms with E-state index < -0.39 is 0 Å². The molecule has 0 aromatic heterocycles. The van der Waals surface area contributed by atoms with Crippen molar-refractivity contribution in [2.24, 2.45) is 0 Å². The van der Waals surface area contributed by atoms with Crippen LogP contribution < -0.4 is 0 Å². The van der Waals surface area contributed by atoms with Gasteiger partial charge in [0.25, 0.3) is 0 Å². The highest BCUT2D eigenvalue weighted by atomic mass is 16.5. The van der Waals surface area contributed by atoms with Gasteiger partial charge in [-0.1, -0.05) is 6.08 Å². The fourth-order valence-electron chi connectivity index (χ4n) is 2.96. The van der Waals surface area contributed by atoms with Gasteiger partial charge in [-0.2, -0.15) is 0 Å². The van der Waals surface area contributed by atoms with Gasteiger partial charge in [-0.25, -0.2) is 0 Å². The average Bonchev–Trinajstić information content (AvgIpc) is 2.51. The van der Waals surface area contributed by atoms with Crippen LogP contribution in [-0.2, 0) is 9.47 Å². The van der Waals surface area contributed by atoms with Crippen molar-refractivity contribution in [1.29, 1.82) is 0 Å². The smallest absolute Gasteiger partial charge is 0.0995 e. The Hall–Kier alpha value is -0.380. The first-order valence-electron chi connectivity index (χ1n) is 6.34. The van der Waals surface area contributed by atoms with E-state index in [0.717, 1.165) is 19.6 Å². The molecule has 1 aliphatic carbocycles. The van der Waals surface area contributed by atoms with Gasteiger partial charge in [0.1, 0.15) is 0 Å². The van der Waals surface area contributed by atoms with Crippen LogP contribution in [0.15, 0.2) is 12.7 Å². The highest BCUT2D eigenvalue weighted by Crippen LogP contribution is 2.32. The number of hydrogen-bond acceptors (Lipinski definition) is 3. The molecule has 1 aliphatic heterocycles. The van der Waals surface area contributed by atoms with E-state index in [2.05, 4.69) is 25.3 Å². The van der Waals surface area contributed by atoms with Gasteiger partial charge in [0.15, 0.2) is 0 Å². The van der Waals surface area contributed by atoms with Gasteiger partial charge < -0.3 is 9.47 Å². The molecule has 0 aromatic rings. The van der Waals surface area contributed by atoms with E-state index in [1.54, 1.807) is 0 Å². The minimum absolute atomic E-state index is 0.239. The predicted octanol–water partition coefficient (Wildman–Crippen LogP) is 1.83. The quantitative estimate of drug-likeness (QED) is 0.681. The van der Waals surface area contributed by atoms with Crippen molar-refractivity contribution < 1.29 is 9.47 Å². The monoisotopic (exact) mass is 225 g/mol. The van der Waals surface area contributed by atoms with Gasteiger partial charge in [-0.3, -0.25) is 4.90 Å². The van der Waals surface area contributed by atoms with E-state index in [0.29, 0.717) is 24.8 Å². The molecule has 1 heterocycles. The van der Waals surface area contributed by atoms with Gasteiger partial charge >= 0.3 is 0 Å². The van der Waals surface area contributed by atoms with Gasteiger partial charge in [-0.05, 0) is 26.7 Å². The third kappa shape index (κ3) is 2.31. The zero-order valence-corrected chi connectivity index (χ0v) is 10.4. The molecule has 3 heteroatoms. The summed E-state index contributed by atoms with van der Waals surface area (Å²) in [7, 11) is 0. The summed E-state index contributed by atoms with van der Waals surface area (Å²) in [5.74, 6) is 0. The second-order valence-corrected chi connectivity index (χ2v) is 4.97. The summed E-state index contributed by atoms with van der Waals surface area (Å²) in [5, 5.41) is 0. The number of fused-ring (bicyclic) bond motifs is 2. The van der Waals surface area contributed by atoms with Gasteiger partial charge in [0.05, 0.1) is 25.4 Å². The highest BCUT2D eigenvalue weighted by molar-refractivity contribution is 4.96. The molecule has 3 atom stereocenters. The molecule has 2 bridgehead atoms. The normalized spacial score (nSPS) is 35.3. The molecule has 0 aromatic carbocycles.